The third kappa shape index (κ3) is 3.06. The molecular formula is C23H13FN6. The van der Waals surface area contributed by atoms with Crippen LogP contribution in [0.2, 0.25) is 0 Å². The van der Waals surface area contributed by atoms with Gasteiger partial charge in [-0.1, -0.05) is 12.1 Å². The number of nitrogens with zero attached hydrogens (tertiary/aromatic N) is 5. The van der Waals surface area contributed by atoms with Gasteiger partial charge in [-0.25, -0.2) is 14.4 Å². The zero-order valence-corrected chi connectivity index (χ0v) is 15.5. The third-order valence-corrected chi connectivity index (χ3v) is 4.74. The molecule has 0 saturated heterocycles. The Morgan fingerprint density at radius 2 is 1.73 bits per heavy atom. The maximum atomic E-state index is 14.6. The van der Waals surface area contributed by atoms with Gasteiger partial charge < -0.3 is 4.98 Å². The molecule has 0 saturated carbocycles. The predicted octanol–water partition coefficient (Wildman–Crippen LogP) is 4.76. The fourth-order valence-electron chi connectivity index (χ4n) is 3.34. The Hall–Kier alpha value is -4.44. The van der Waals surface area contributed by atoms with Gasteiger partial charge in [-0.3, -0.25) is 9.97 Å². The molecule has 142 valence electrons. The van der Waals surface area contributed by atoms with E-state index in [4.69, 9.17) is 10.2 Å². The molecule has 0 bridgehead atoms. The molecule has 0 unspecified atom stereocenters. The maximum absolute atomic E-state index is 14.6. The molecule has 0 aliphatic heterocycles. The van der Waals surface area contributed by atoms with Crippen molar-refractivity contribution in [2.45, 2.75) is 0 Å². The van der Waals surface area contributed by atoms with Crippen LogP contribution in [0.1, 0.15) is 5.56 Å². The molecule has 0 spiro atoms. The van der Waals surface area contributed by atoms with Crippen LogP contribution in [0, 0.1) is 17.1 Å². The van der Waals surface area contributed by atoms with Crippen LogP contribution in [0.5, 0.6) is 0 Å². The molecule has 4 heterocycles. The second kappa shape index (κ2) is 7.18. The molecule has 0 aliphatic rings. The van der Waals surface area contributed by atoms with Crippen LogP contribution in [0.15, 0.2) is 73.3 Å². The first-order valence-electron chi connectivity index (χ1n) is 9.14. The van der Waals surface area contributed by atoms with Gasteiger partial charge >= 0.3 is 0 Å². The number of aromatic nitrogens is 5. The van der Waals surface area contributed by atoms with Crippen LogP contribution in [0.4, 0.5) is 4.39 Å². The largest absolute Gasteiger partial charge is 0.337 e. The number of hydrogen-bond acceptors (Lipinski definition) is 5. The molecule has 7 heteroatoms. The van der Waals surface area contributed by atoms with Crippen molar-refractivity contribution in [2.75, 3.05) is 0 Å². The lowest BCUT2D eigenvalue weighted by Crippen LogP contribution is -1.94. The van der Waals surface area contributed by atoms with Gasteiger partial charge in [0.25, 0.3) is 0 Å². The summed E-state index contributed by atoms with van der Waals surface area (Å²) >= 11 is 0. The summed E-state index contributed by atoms with van der Waals surface area (Å²) < 4.78 is 14.6. The summed E-state index contributed by atoms with van der Waals surface area (Å²) in [5.74, 6) is 0.143. The number of nitriles is 1. The highest BCUT2D eigenvalue weighted by Crippen LogP contribution is 2.34. The van der Waals surface area contributed by atoms with Crippen molar-refractivity contribution in [3.63, 3.8) is 0 Å². The Bertz CT molecular complexity index is 1420. The average Bonchev–Trinajstić information content (AvgIpc) is 3.22. The summed E-state index contributed by atoms with van der Waals surface area (Å²) in [6, 6.07) is 16.4. The lowest BCUT2D eigenvalue weighted by molar-refractivity contribution is 0.625. The van der Waals surface area contributed by atoms with Gasteiger partial charge in [0.05, 0.1) is 29.0 Å². The van der Waals surface area contributed by atoms with Gasteiger partial charge in [0.1, 0.15) is 11.6 Å². The monoisotopic (exact) mass is 392 g/mol. The van der Waals surface area contributed by atoms with Crippen molar-refractivity contribution in [1.82, 2.24) is 24.9 Å². The lowest BCUT2D eigenvalue weighted by atomic mass is 10.0. The summed E-state index contributed by atoms with van der Waals surface area (Å²) in [7, 11) is 0. The smallest absolute Gasteiger partial charge is 0.178 e. The maximum Gasteiger partial charge on any atom is 0.178 e. The van der Waals surface area contributed by atoms with E-state index >= 15 is 0 Å². The van der Waals surface area contributed by atoms with Crippen molar-refractivity contribution >= 4 is 11.2 Å². The molecule has 0 aliphatic carbocycles. The van der Waals surface area contributed by atoms with Crippen molar-refractivity contribution in [3.8, 4) is 39.8 Å². The van der Waals surface area contributed by atoms with E-state index in [2.05, 4.69) is 26.0 Å². The average molecular weight is 392 g/mol. The molecule has 4 aromatic heterocycles. The number of benzene rings is 1. The zero-order chi connectivity index (χ0) is 20.5. The Balaban J connectivity index is 1.75. The number of aromatic amines is 1. The standard InChI is InChI=1S/C23H13FN6/c24-19-13-27-8-6-17(19)18-10-20-23(29-21(18)16-5-2-7-26-12-16)30-22(28-20)15-4-1-3-14(9-15)11-25/h1-10,12-13H,(H,28,29,30). The Kier molecular flexibility index (Phi) is 4.23. The number of fused-ring (bicyclic) bond motifs is 1. The lowest BCUT2D eigenvalue weighted by Gasteiger charge is -2.09. The van der Waals surface area contributed by atoms with Crippen molar-refractivity contribution in [3.05, 3.63) is 84.7 Å². The topological polar surface area (TPSA) is 91.1 Å². The van der Waals surface area contributed by atoms with Crippen LogP contribution in [-0.4, -0.2) is 24.9 Å². The number of pyridine rings is 3. The summed E-state index contributed by atoms with van der Waals surface area (Å²) in [6.07, 6.45) is 6.07. The molecule has 1 aromatic carbocycles. The van der Waals surface area contributed by atoms with Gasteiger partial charge in [-0.15, -0.1) is 0 Å². The van der Waals surface area contributed by atoms with Gasteiger partial charge in [-0.2, -0.15) is 5.26 Å². The molecule has 6 nitrogen and oxygen atoms in total. The highest BCUT2D eigenvalue weighted by molar-refractivity contribution is 5.89. The van der Waals surface area contributed by atoms with E-state index in [1.807, 2.05) is 18.2 Å². The van der Waals surface area contributed by atoms with E-state index in [0.29, 0.717) is 39.4 Å². The SMILES string of the molecule is N#Cc1cccc(-c2nc3nc(-c4cccnc4)c(-c4ccncc4F)cc3[nH]2)c1. The zero-order valence-electron chi connectivity index (χ0n) is 15.5. The van der Waals surface area contributed by atoms with Crippen LogP contribution >= 0.6 is 0 Å². The highest BCUT2D eigenvalue weighted by atomic mass is 19.1. The van der Waals surface area contributed by atoms with Crippen molar-refractivity contribution in [1.29, 1.82) is 5.26 Å². The second-order valence-electron chi connectivity index (χ2n) is 6.63. The predicted molar refractivity (Wildman–Crippen MR) is 110 cm³/mol. The summed E-state index contributed by atoms with van der Waals surface area (Å²) in [6.45, 7) is 0. The van der Waals surface area contributed by atoms with Crippen LogP contribution in [-0.2, 0) is 0 Å². The number of imidazole rings is 1. The van der Waals surface area contributed by atoms with Crippen molar-refractivity contribution < 1.29 is 4.39 Å². The molecule has 0 fully saturated rings. The van der Waals surface area contributed by atoms with E-state index in [-0.39, 0.29) is 0 Å². The molecule has 5 aromatic rings. The number of hydrogen-bond donors (Lipinski definition) is 1. The number of nitrogens with one attached hydrogen (secondary N) is 1. The summed E-state index contributed by atoms with van der Waals surface area (Å²) in [5.41, 5.74) is 4.78. The first kappa shape index (κ1) is 17.6. The van der Waals surface area contributed by atoms with Crippen LogP contribution in [0.25, 0.3) is 44.9 Å². The van der Waals surface area contributed by atoms with Crippen LogP contribution < -0.4 is 0 Å². The summed E-state index contributed by atoms with van der Waals surface area (Å²) in [4.78, 5) is 20.6. The molecule has 30 heavy (non-hydrogen) atoms. The van der Waals surface area contributed by atoms with Gasteiger partial charge in [0, 0.05) is 40.8 Å². The molecule has 0 atom stereocenters. The number of halogens is 1. The first-order chi connectivity index (χ1) is 14.7. The highest BCUT2D eigenvalue weighted by Gasteiger charge is 2.17. The fourth-order valence-corrected chi connectivity index (χ4v) is 3.34. The Morgan fingerprint density at radius 3 is 2.53 bits per heavy atom. The van der Waals surface area contributed by atoms with Gasteiger partial charge in [-0.05, 0) is 36.4 Å². The van der Waals surface area contributed by atoms with E-state index in [9.17, 15) is 4.39 Å². The normalized spacial score (nSPS) is 10.8. The van der Waals surface area contributed by atoms with Crippen LogP contribution in [0.3, 0.4) is 0 Å². The quantitative estimate of drug-likeness (QED) is 0.478. The third-order valence-electron chi connectivity index (χ3n) is 4.74. The second-order valence-corrected chi connectivity index (χ2v) is 6.63. The first-order valence-corrected chi connectivity index (χ1v) is 9.14. The molecule has 0 amide bonds. The summed E-state index contributed by atoms with van der Waals surface area (Å²) in [5, 5.41) is 9.16. The Morgan fingerprint density at radius 1 is 0.867 bits per heavy atom. The van der Waals surface area contributed by atoms with E-state index < -0.39 is 5.82 Å². The number of H-pyrrole nitrogens is 1. The molecule has 0 radical (unpaired) electrons. The minimum absolute atomic E-state index is 0.390. The van der Waals surface area contributed by atoms with E-state index in [0.717, 1.165) is 11.1 Å². The molecule has 1 N–H and O–H groups in total. The minimum atomic E-state index is -0.440. The minimum Gasteiger partial charge on any atom is -0.337 e. The molecular weight excluding hydrogens is 379 g/mol. The van der Waals surface area contributed by atoms with E-state index in [1.165, 1.54) is 6.20 Å². The van der Waals surface area contributed by atoms with Gasteiger partial charge in [0.2, 0.25) is 0 Å². The van der Waals surface area contributed by atoms with Gasteiger partial charge in [0.15, 0.2) is 5.65 Å². The molecule has 5 rings (SSSR count). The Labute approximate surface area is 170 Å². The van der Waals surface area contributed by atoms with E-state index in [1.54, 1.807) is 48.9 Å². The number of rotatable bonds is 3. The fraction of sp³-hybridized carbons (Fsp3) is 0. The van der Waals surface area contributed by atoms with Crippen molar-refractivity contribution in [2.24, 2.45) is 0 Å².